The van der Waals surface area contributed by atoms with Gasteiger partial charge in [-0.25, -0.2) is 9.59 Å². The van der Waals surface area contributed by atoms with Crippen molar-refractivity contribution in [3.63, 3.8) is 0 Å². The number of benzene rings is 2. The average Bonchev–Trinajstić information content (AvgIpc) is 3.21. The van der Waals surface area contributed by atoms with Gasteiger partial charge in [0, 0.05) is 24.5 Å². The summed E-state index contributed by atoms with van der Waals surface area (Å²) in [5.74, 6) is -0.783. The summed E-state index contributed by atoms with van der Waals surface area (Å²) in [6.07, 6.45) is 0.429. The Kier molecular flexibility index (Phi) is 7.90. The molecule has 1 saturated heterocycles. The number of nitrogens with one attached hydrogen (secondary N) is 2. The van der Waals surface area contributed by atoms with E-state index in [4.69, 9.17) is 10.5 Å². The molecule has 1 aliphatic heterocycles. The van der Waals surface area contributed by atoms with E-state index in [1.807, 2.05) is 0 Å². The number of urea groups is 1. The molecule has 34 heavy (non-hydrogen) atoms. The van der Waals surface area contributed by atoms with Crippen molar-refractivity contribution in [3.8, 4) is 0 Å². The number of nitrogens with two attached hydrogens (primary N) is 1. The lowest BCUT2D eigenvalue weighted by atomic mass is 10.1. The Morgan fingerprint density at radius 1 is 1.06 bits per heavy atom. The molecule has 0 unspecified atom stereocenters. The average molecular weight is 469 g/mol. The molecule has 0 aromatic heterocycles. The minimum absolute atomic E-state index is 0.252. The van der Waals surface area contributed by atoms with Gasteiger partial charge in [0.15, 0.2) is 0 Å². The molecular weight excluding hydrogens is 436 g/mol. The second-order valence-corrected chi connectivity index (χ2v) is 9.39. The minimum atomic E-state index is -0.780. The van der Waals surface area contributed by atoms with Crippen LogP contribution in [0.5, 0.6) is 0 Å². The lowest BCUT2D eigenvalue weighted by molar-refractivity contribution is -0.117. The fourth-order valence-electron chi connectivity index (χ4n) is 3.46. The van der Waals surface area contributed by atoms with E-state index in [-0.39, 0.29) is 11.9 Å². The van der Waals surface area contributed by atoms with Crippen LogP contribution in [-0.4, -0.2) is 58.8 Å². The van der Waals surface area contributed by atoms with E-state index in [9.17, 15) is 19.5 Å². The van der Waals surface area contributed by atoms with Crippen molar-refractivity contribution in [1.29, 1.82) is 0 Å². The standard InChI is InChI=1S/C25H32N4O5/c1-25(2,3)34-23(32)17-6-10-18(11-7-17)27-22(31)21(26)14-16-4-8-19(9-5-16)28-24(33)29-13-12-20(30)15-29/h4-11,20-21,30H,12-15,26H2,1-3H3,(H,27,31)(H,28,33)/t20-,21+/m1/s1. The first-order valence-electron chi connectivity index (χ1n) is 11.2. The van der Waals surface area contributed by atoms with Gasteiger partial charge in [0.05, 0.1) is 17.7 Å². The number of rotatable bonds is 6. The van der Waals surface area contributed by atoms with Gasteiger partial charge in [-0.2, -0.15) is 0 Å². The van der Waals surface area contributed by atoms with Crippen molar-refractivity contribution in [2.45, 2.75) is 51.4 Å². The zero-order valence-electron chi connectivity index (χ0n) is 19.7. The number of amides is 3. The molecule has 5 N–H and O–H groups in total. The van der Waals surface area contributed by atoms with Gasteiger partial charge in [0.25, 0.3) is 0 Å². The van der Waals surface area contributed by atoms with E-state index in [0.717, 1.165) is 5.56 Å². The highest BCUT2D eigenvalue weighted by Crippen LogP contribution is 2.17. The van der Waals surface area contributed by atoms with Gasteiger partial charge >= 0.3 is 12.0 Å². The van der Waals surface area contributed by atoms with Crippen LogP contribution in [-0.2, 0) is 16.0 Å². The first-order chi connectivity index (χ1) is 16.0. The summed E-state index contributed by atoms with van der Waals surface area (Å²) < 4.78 is 5.33. The van der Waals surface area contributed by atoms with Crippen molar-refractivity contribution in [2.75, 3.05) is 23.7 Å². The first kappa shape index (κ1) is 25.2. The number of likely N-dealkylation sites (tertiary alicyclic amines) is 1. The van der Waals surface area contributed by atoms with Crippen molar-refractivity contribution >= 4 is 29.3 Å². The van der Waals surface area contributed by atoms with E-state index >= 15 is 0 Å². The molecular formula is C25H32N4O5. The molecule has 2 aromatic rings. The van der Waals surface area contributed by atoms with Crippen LogP contribution in [0, 0.1) is 0 Å². The number of esters is 1. The highest BCUT2D eigenvalue weighted by atomic mass is 16.6. The van der Waals surface area contributed by atoms with Gasteiger partial charge in [-0.05, 0) is 75.6 Å². The van der Waals surface area contributed by atoms with Crippen LogP contribution in [0.3, 0.4) is 0 Å². The van der Waals surface area contributed by atoms with Gasteiger partial charge < -0.3 is 31.1 Å². The second kappa shape index (κ2) is 10.7. The van der Waals surface area contributed by atoms with Crippen molar-refractivity contribution in [1.82, 2.24) is 4.90 Å². The Bertz CT molecular complexity index is 1020. The minimum Gasteiger partial charge on any atom is -0.456 e. The van der Waals surface area contributed by atoms with Crippen LogP contribution in [0.2, 0.25) is 0 Å². The summed E-state index contributed by atoms with van der Waals surface area (Å²) in [7, 11) is 0. The molecule has 1 heterocycles. The number of ether oxygens (including phenoxy) is 1. The molecule has 2 atom stereocenters. The number of carbonyl (C=O) groups is 3. The zero-order valence-corrected chi connectivity index (χ0v) is 19.7. The Balaban J connectivity index is 1.49. The highest BCUT2D eigenvalue weighted by Gasteiger charge is 2.24. The molecule has 9 heteroatoms. The lowest BCUT2D eigenvalue weighted by Gasteiger charge is -2.19. The number of aliphatic hydroxyl groups is 1. The molecule has 3 rings (SSSR count). The van der Waals surface area contributed by atoms with Gasteiger partial charge in [0.2, 0.25) is 5.91 Å². The fraction of sp³-hybridized carbons (Fsp3) is 0.400. The Labute approximate surface area is 199 Å². The first-order valence-corrected chi connectivity index (χ1v) is 11.2. The van der Waals surface area contributed by atoms with Crippen LogP contribution in [0.25, 0.3) is 0 Å². The largest absolute Gasteiger partial charge is 0.456 e. The predicted molar refractivity (Wildman–Crippen MR) is 130 cm³/mol. The molecule has 0 spiro atoms. The number of nitrogens with zero attached hydrogens (tertiary/aromatic N) is 1. The third-order valence-corrected chi connectivity index (χ3v) is 5.24. The highest BCUT2D eigenvalue weighted by molar-refractivity contribution is 5.96. The molecule has 0 bridgehead atoms. The summed E-state index contributed by atoms with van der Waals surface area (Å²) in [5.41, 5.74) is 7.88. The number of hydrogen-bond donors (Lipinski definition) is 4. The van der Waals surface area contributed by atoms with Gasteiger partial charge in [-0.15, -0.1) is 0 Å². The van der Waals surface area contributed by atoms with Crippen LogP contribution < -0.4 is 16.4 Å². The molecule has 1 fully saturated rings. The topological polar surface area (TPSA) is 134 Å². The summed E-state index contributed by atoms with van der Waals surface area (Å²) in [6, 6.07) is 12.5. The van der Waals surface area contributed by atoms with Crippen molar-refractivity contribution < 1.29 is 24.2 Å². The number of aliphatic hydroxyl groups excluding tert-OH is 1. The molecule has 0 saturated carbocycles. The Morgan fingerprint density at radius 2 is 1.65 bits per heavy atom. The fourth-order valence-corrected chi connectivity index (χ4v) is 3.46. The van der Waals surface area contributed by atoms with Gasteiger partial charge in [-0.1, -0.05) is 12.1 Å². The molecule has 0 aliphatic carbocycles. The number of β-amino-alcohol motifs (C(OH)–C–C–N with tert-alkyl or cyclic N) is 1. The maximum absolute atomic E-state index is 12.5. The zero-order chi connectivity index (χ0) is 24.9. The molecule has 3 amide bonds. The molecule has 9 nitrogen and oxygen atoms in total. The molecule has 0 radical (unpaired) electrons. The maximum atomic E-state index is 12.5. The van der Waals surface area contributed by atoms with E-state index in [2.05, 4.69) is 10.6 Å². The third-order valence-electron chi connectivity index (χ3n) is 5.24. The molecule has 1 aliphatic rings. The number of hydrogen-bond acceptors (Lipinski definition) is 6. The monoisotopic (exact) mass is 468 g/mol. The summed E-state index contributed by atoms with van der Waals surface area (Å²) in [4.78, 5) is 38.4. The van der Waals surface area contributed by atoms with E-state index in [1.165, 1.54) is 0 Å². The SMILES string of the molecule is CC(C)(C)OC(=O)c1ccc(NC(=O)[C@@H](N)Cc2ccc(NC(=O)N3CC[C@@H](O)C3)cc2)cc1. The van der Waals surface area contributed by atoms with E-state index in [1.54, 1.807) is 74.2 Å². The second-order valence-electron chi connectivity index (χ2n) is 9.39. The predicted octanol–water partition coefficient (Wildman–Crippen LogP) is 2.75. The number of anilines is 2. The molecule has 2 aromatic carbocycles. The summed E-state index contributed by atoms with van der Waals surface area (Å²) in [5, 5.41) is 15.1. The smallest absolute Gasteiger partial charge is 0.338 e. The van der Waals surface area contributed by atoms with Crippen LogP contribution in [0.15, 0.2) is 48.5 Å². The van der Waals surface area contributed by atoms with Crippen LogP contribution in [0.1, 0.15) is 43.1 Å². The summed E-state index contributed by atoms with van der Waals surface area (Å²) in [6.45, 7) is 6.25. The Morgan fingerprint density at radius 3 is 2.21 bits per heavy atom. The summed E-state index contributed by atoms with van der Waals surface area (Å²) >= 11 is 0. The van der Waals surface area contributed by atoms with E-state index < -0.39 is 23.7 Å². The number of carbonyl (C=O) groups excluding carboxylic acids is 3. The normalized spacial score (nSPS) is 16.6. The van der Waals surface area contributed by atoms with Crippen LogP contribution >= 0.6 is 0 Å². The van der Waals surface area contributed by atoms with E-state index in [0.29, 0.717) is 42.9 Å². The third kappa shape index (κ3) is 7.29. The van der Waals surface area contributed by atoms with Crippen LogP contribution in [0.4, 0.5) is 16.2 Å². The van der Waals surface area contributed by atoms with Gasteiger partial charge in [0.1, 0.15) is 5.60 Å². The lowest BCUT2D eigenvalue weighted by Crippen LogP contribution is -2.37. The van der Waals surface area contributed by atoms with Crippen molar-refractivity contribution in [3.05, 3.63) is 59.7 Å². The molecule has 182 valence electrons. The maximum Gasteiger partial charge on any atom is 0.338 e. The van der Waals surface area contributed by atoms with Crippen molar-refractivity contribution in [2.24, 2.45) is 5.73 Å². The Hall–Kier alpha value is -3.43. The quantitative estimate of drug-likeness (QED) is 0.482. The van der Waals surface area contributed by atoms with Gasteiger partial charge in [-0.3, -0.25) is 4.79 Å².